The average Bonchev–Trinajstić information content (AvgIpc) is 3.15. The van der Waals surface area contributed by atoms with E-state index in [9.17, 15) is 13.2 Å². The first-order valence-corrected chi connectivity index (χ1v) is 9.92. The van der Waals surface area contributed by atoms with Gasteiger partial charge in [0.1, 0.15) is 23.2 Å². The maximum atomic E-state index is 14.2. The van der Waals surface area contributed by atoms with Crippen LogP contribution in [0.3, 0.4) is 0 Å². The van der Waals surface area contributed by atoms with Gasteiger partial charge in [-0.3, -0.25) is 4.98 Å². The van der Waals surface area contributed by atoms with Crippen molar-refractivity contribution in [2.75, 3.05) is 5.73 Å². The summed E-state index contributed by atoms with van der Waals surface area (Å²) in [5.41, 5.74) is 9.23. The molecule has 5 aromatic rings. The van der Waals surface area contributed by atoms with Crippen molar-refractivity contribution in [2.24, 2.45) is 0 Å². The summed E-state index contributed by atoms with van der Waals surface area (Å²) in [4.78, 5) is 17.5. The molecule has 0 bridgehead atoms. The zero-order chi connectivity index (χ0) is 23.1. The van der Waals surface area contributed by atoms with Crippen LogP contribution >= 0.6 is 0 Å². The lowest BCUT2D eigenvalue weighted by molar-refractivity contribution is 0.486. The first-order chi connectivity index (χ1) is 15.9. The van der Waals surface area contributed by atoms with Crippen molar-refractivity contribution >= 4 is 11.3 Å². The van der Waals surface area contributed by atoms with Crippen LogP contribution in [-0.4, -0.2) is 29.5 Å². The number of fused-ring (bicyclic) bond motifs is 1. The number of rotatable bonds is 4. The number of aryl methyl sites for hydroxylation is 1. The van der Waals surface area contributed by atoms with Crippen LogP contribution < -0.4 is 5.73 Å². The van der Waals surface area contributed by atoms with Crippen LogP contribution in [0.1, 0.15) is 17.1 Å². The monoisotopic (exact) mass is 447 g/mol. The van der Waals surface area contributed by atoms with Crippen molar-refractivity contribution in [3.63, 3.8) is 0 Å². The van der Waals surface area contributed by atoms with Gasteiger partial charge in [-0.25, -0.2) is 32.6 Å². The normalized spacial score (nSPS) is 11.3. The van der Waals surface area contributed by atoms with Gasteiger partial charge in [-0.1, -0.05) is 0 Å². The zero-order valence-electron chi connectivity index (χ0n) is 17.3. The third kappa shape index (κ3) is 3.75. The minimum atomic E-state index is -1.27. The van der Waals surface area contributed by atoms with E-state index in [2.05, 4.69) is 25.0 Å². The number of nitrogens with zero attached hydrogens (tertiary/aromatic N) is 6. The number of nitrogens with two attached hydrogens (primary N) is 1. The van der Waals surface area contributed by atoms with Crippen LogP contribution in [0.2, 0.25) is 0 Å². The Morgan fingerprint density at radius 3 is 2.64 bits per heavy atom. The number of anilines is 1. The molecule has 4 heterocycles. The van der Waals surface area contributed by atoms with Gasteiger partial charge in [0.15, 0.2) is 17.5 Å². The lowest BCUT2D eigenvalue weighted by Gasteiger charge is -2.06. The molecule has 0 amide bonds. The molecule has 0 saturated carbocycles. The highest BCUT2D eigenvalue weighted by atomic mass is 19.2. The average molecular weight is 447 g/mol. The topological polar surface area (TPSA) is 94.9 Å². The molecule has 0 unspecified atom stereocenters. The SMILES string of the molecule is Cc1cc(-c2cnc(-c3nc(Cc4cc(F)cc(F)c4F)n4ncccc34)nc2N)ccn1. The highest BCUT2D eigenvalue weighted by Crippen LogP contribution is 2.28. The number of aromatic nitrogens is 6. The molecule has 0 aliphatic heterocycles. The van der Waals surface area contributed by atoms with Gasteiger partial charge < -0.3 is 5.73 Å². The van der Waals surface area contributed by atoms with E-state index < -0.39 is 17.5 Å². The van der Waals surface area contributed by atoms with Gasteiger partial charge in [0.25, 0.3) is 0 Å². The fourth-order valence-corrected chi connectivity index (χ4v) is 3.62. The molecule has 1 aromatic carbocycles. The molecule has 5 rings (SSSR count). The summed E-state index contributed by atoms with van der Waals surface area (Å²) in [6.45, 7) is 1.87. The molecule has 0 aliphatic carbocycles. The van der Waals surface area contributed by atoms with E-state index in [4.69, 9.17) is 5.73 Å². The number of benzene rings is 1. The minimum Gasteiger partial charge on any atom is -0.383 e. The molecular weight excluding hydrogens is 431 g/mol. The quantitative estimate of drug-likeness (QED) is 0.416. The summed E-state index contributed by atoms with van der Waals surface area (Å²) in [6, 6.07) is 8.54. The van der Waals surface area contributed by atoms with Crippen LogP contribution in [0.4, 0.5) is 19.0 Å². The van der Waals surface area contributed by atoms with Gasteiger partial charge in [0.2, 0.25) is 0 Å². The molecule has 0 fully saturated rings. The molecule has 7 nitrogen and oxygen atoms in total. The van der Waals surface area contributed by atoms with Crippen molar-refractivity contribution in [1.29, 1.82) is 0 Å². The van der Waals surface area contributed by atoms with Crippen LogP contribution in [0.5, 0.6) is 0 Å². The summed E-state index contributed by atoms with van der Waals surface area (Å²) in [5, 5.41) is 4.25. The number of hydrogen-bond acceptors (Lipinski definition) is 6. The smallest absolute Gasteiger partial charge is 0.182 e. The maximum absolute atomic E-state index is 14.2. The van der Waals surface area contributed by atoms with Gasteiger partial charge in [-0.05, 0) is 42.8 Å². The van der Waals surface area contributed by atoms with E-state index in [-0.39, 0.29) is 29.5 Å². The molecule has 33 heavy (non-hydrogen) atoms. The van der Waals surface area contributed by atoms with Crippen molar-refractivity contribution in [3.05, 3.63) is 89.5 Å². The standard InChI is InChI=1S/C23H16F3N7/c1-12-7-13(4-6-28-12)16-11-29-23(32-22(16)27)21-18-3-2-5-30-33(18)19(31-21)9-14-8-15(24)10-17(25)20(14)26/h2-8,10-11H,9H2,1H3,(H2,27,29,32). The fraction of sp³-hybridized carbons (Fsp3) is 0.0870. The highest BCUT2D eigenvalue weighted by molar-refractivity contribution is 5.78. The van der Waals surface area contributed by atoms with Crippen molar-refractivity contribution in [2.45, 2.75) is 13.3 Å². The summed E-state index contributed by atoms with van der Waals surface area (Å²) in [5.74, 6) is -2.53. The number of hydrogen-bond donors (Lipinski definition) is 1. The molecule has 2 N–H and O–H groups in total. The Hall–Kier alpha value is -4.34. The number of imidazole rings is 1. The minimum absolute atomic E-state index is 0.180. The van der Waals surface area contributed by atoms with E-state index in [1.807, 2.05) is 19.1 Å². The number of halogens is 3. The number of nitrogen functional groups attached to an aromatic ring is 1. The Morgan fingerprint density at radius 2 is 1.85 bits per heavy atom. The second-order valence-corrected chi connectivity index (χ2v) is 7.41. The van der Waals surface area contributed by atoms with Crippen LogP contribution in [-0.2, 0) is 6.42 Å². The van der Waals surface area contributed by atoms with Gasteiger partial charge >= 0.3 is 0 Å². The van der Waals surface area contributed by atoms with Gasteiger partial charge in [-0.15, -0.1) is 0 Å². The van der Waals surface area contributed by atoms with E-state index in [0.29, 0.717) is 22.8 Å². The molecule has 4 aromatic heterocycles. The molecular formula is C23H16F3N7. The first-order valence-electron chi connectivity index (χ1n) is 9.92. The Balaban J connectivity index is 1.60. The summed E-state index contributed by atoms with van der Waals surface area (Å²) in [6.07, 6.45) is 4.60. The Morgan fingerprint density at radius 1 is 1.00 bits per heavy atom. The van der Waals surface area contributed by atoms with Crippen molar-refractivity contribution in [1.82, 2.24) is 29.5 Å². The number of pyridine rings is 1. The molecule has 0 atom stereocenters. The predicted molar refractivity (Wildman–Crippen MR) is 116 cm³/mol. The fourth-order valence-electron chi connectivity index (χ4n) is 3.62. The van der Waals surface area contributed by atoms with Crippen LogP contribution in [0.25, 0.3) is 28.2 Å². The molecule has 0 aliphatic rings. The van der Waals surface area contributed by atoms with Crippen LogP contribution in [0, 0.1) is 24.4 Å². The molecule has 0 radical (unpaired) electrons. The molecule has 164 valence electrons. The second-order valence-electron chi connectivity index (χ2n) is 7.41. The summed E-state index contributed by atoms with van der Waals surface area (Å²) in [7, 11) is 0. The van der Waals surface area contributed by atoms with Crippen molar-refractivity contribution in [3.8, 4) is 22.6 Å². The molecule has 0 spiro atoms. The van der Waals surface area contributed by atoms with Gasteiger partial charge in [0, 0.05) is 47.9 Å². The van der Waals surface area contributed by atoms with E-state index >= 15 is 0 Å². The third-order valence-corrected chi connectivity index (χ3v) is 5.13. The maximum Gasteiger partial charge on any atom is 0.182 e. The second kappa shape index (κ2) is 7.97. The van der Waals surface area contributed by atoms with E-state index in [0.717, 1.165) is 17.3 Å². The summed E-state index contributed by atoms with van der Waals surface area (Å²) >= 11 is 0. The molecule has 10 heteroatoms. The molecule has 0 saturated heterocycles. The lowest BCUT2D eigenvalue weighted by Crippen LogP contribution is -2.03. The lowest BCUT2D eigenvalue weighted by atomic mass is 10.1. The van der Waals surface area contributed by atoms with Crippen LogP contribution in [0.15, 0.2) is 55.0 Å². The van der Waals surface area contributed by atoms with Gasteiger partial charge in [-0.2, -0.15) is 5.10 Å². The Kier molecular flexibility index (Phi) is 4.97. The first kappa shape index (κ1) is 20.6. The Labute approximate surface area is 185 Å². The summed E-state index contributed by atoms with van der Waals surface area (Å²) < 4.78 is 43.0. The largest absolute Gasteiger partial charge is 0.383 e. The highest BCUT2D eigenvalue weighted by Gasteiger charge is 2.20. The third-order valence-electron chi connectivity index (χ3n) is 5.13. The van der Waals surface area contributed by atoms with Crippen molar-refractivity contribution < 1.29 is 13.2 Å². The predicted octanol–water partition coefficient (Wildman–Crippen LogP) is 4.15. The Bertz CT molecular complexity index is 1510. The van der Waals surface area contributed by atoms with E-state index in [1.165, 1.54) is 10.7 Å². The van der Waals surface area contributed by atoms with E-state index in [1.54, 1.807) is 24.5 Å². The van der Waals surface area contributed by atoms with Gasteiger partial charge in [0.05, 0.1) is 5.52 Å². The zero-order valence-corrected chi connectivity index (χ0v) is 17.3.